The van der Waals surface area contributed by atoms with Gasteiger partial charge in [0, 0.05) is 24.6 Å². The zero-order chi connectivity index (χ0) is 16.4. The van der Waals surface area contributed by atoms with Crippen molar-refractivity contribution in [1.29, 1.82) is 0 Å². The van der Waals surface area contributed by atoms with Gasteiger partial charge in [0.1, 0.15) is 24.0 Å². The normalized spacial score (nSPS) is 14.5. The van der Waals surface area contributed by atoms with Crippen LogP contribution in [-0.2, 0) is 13.0 Å². The minimum absolute atomic E-state index is 0.308. The van der Waals surface area contributed by atoms with Gasteiger partial charge >= 0.3 is 0 Å². The molecule has 1 aromatic carbocycles. The summed E-state index contributed by atoms with van der Waals surface area (Å²) in [6, 6.07) is 8.48. The number of hydrogen-bond acceptors (Lipinski definition) is 5. The lowest BCUT2D eigenvalue weighted by Gasteiger charge is -2.21. The Balaban J connectivity index is 1.95. The highest BCUT2D eigenvalue weighted by molar-refractivity contribution is 5.52. The molecule has 1 aliphatic heterocycles. The molecule has 23 heavy (non-hydrogen) atoms. The Kier molecular flexibility index (Phi) is 4.48. The molecule has 2 aromatic rings. The first-order valence-corrected chi connectivity index (χ1v) is 8.01. The van der Waals surface area contributed by atoms with E-state index in [1.54, 1.807) is 0 Å². The average molecular weight is 312 g/mol. The highest BCUT2D eigenvalue weighted by Crippen LogP contribution is 2.30. The first kappa shape index (κ1) is 15.7. The molecule has 1 aromatic heterocycles. The number of aromatic nitrogens is 2. The van der Waals surface area contributed by atoms with Crippen molar-refractivity contribution in [2.24, 2.45) is 0 Å². The van der Waals surface area contributed by atoms with Gasteiger partial charge in [-0.05, 0) is 39.6 Å². The molecule has 0 fully saturated rings. The summed E-state index contributed by atoms with van der Waals surface area (Å²) in [5.41, 5.74) is 3.31. The van der Waals surface area contributed by atoms with Crippen LogP contribution in [0.1, 0.15) is 29.6 Å². The lowest BCUT2D eigenvalue weighted by Crippen LogP contribution is -2.30. The van der Waals surface area contributed by atoms with E-state index in [0.717, 1.165) is 41.6 Å². The third-order valence-electron chi connectivity index (χ3n) is 3.93. The molecule has 0 saturated carbocycles. The van der Waals surface area contributed by atoms with Crippen LogP contribution in [-0.4, -0.2) is 41.5 Å². The molecular weight excluding hydrogens is 288 g/mol. The number of benzene rings is 1. The number of nitrogens with zero attached hydrogens (tertiary/aromatic N) is 3. The van der Waals surface area contributed by atoms with E-state index in [0.29, 0.717) is 12.6 Å². The van der Waals surface area contributed by atoms with Crippen LogP contribution in [0.2, 0.25) is 0 Å². The average Bonchev–Trinajstić information content (AvgIpc) is 2.66. The quantitative estimate of drug-likeness (QED) is 0.940. The van der Waals surface area contributed by atoms with Gasteiger partial charge in [-0.1, -0.05) is 18.2 Å². The molecule has 0 bridgehead atoms. The first-order valence-electron chi connectivity index (χ1n) is 8.01. The summed E-state index contributed by atoms with van der Waals surface area (Å²) in [4.78, 5) is 11.4. The molecule has 1 aliphatic rings. The van der Waals surface area contributed by atoms with Crippen LogP contribution in [0.3, 0.4) is 0 Å². The second-order valence-corrected chi connectivity index (χ2v) is 6.43. The Labute approximate surface area is 137 Å². The topological polar surface area (TPSA) is 50.3 Å². The summed E-state index contributed by atoms with van der Waals surface area (Å²) < 4.78 is 5.93. The van der Waals surface area contributed by atoms with Crippen LogP contribution in [0, 0.1) is 6.92 Å². The van der Waals surface area contributed by atoms with E-state index in [2.05, 4.69) is 47.3 Å². The van der Waals surface area contributed by atoms with Crippen LogP contribution in [0.5, 0.6) is 5.75 Å². The maximum atomic E-state index is 5.93. The lowest BCUT2D eigenvalue weighted by atomic mass is 10.0. The standard InChI is InChI=1S/C18H24N4O/c1-12(10-22(3)4)19-18-15-9-14-7-5-6-8-17(14)23-11-16(15)20-13(2)21-18/h5-8,12H,9-11H2,1-4H3,(H,19,20,21). The van der Waals surface area contributed by atoms with Crippen molar-refractivity contribution < 1.29 is 4.74 Å². The zero-order valence-electron chi connectivity index (χ0n) is 14.3. The van der Waals surface area contributed by atoms with E-state index in [9.17, 15) is 0 Å². The second kappa shape index (κ2) is 6.54. The lowest BCUT2D eigenvalue weighted by molar-refractivity contribution is 0.302. The summed E-state index contributed by atoms with van der Waals surface area (Å²) in [7, 11) is 4.15. The van der Waals surface area contributed by atoms with Gasteiger partial charge < -0.3 is 15.0 Å². The van der Waals surface area contributed by atoms with E-state index < -0.39 is 0 Å². The van der Waals surface area contributed by atoms with Gasteiger partial charge in [-0.3, -0.25) is 0 Å². The van der Waals surface area contributed by atoms with Crippen LogP contribution in [0.15, 0.2) is 24.3 Å². The number of hydrogen-bond donors (Lipinski definition) is 1. The number of rotatable bonds is 4. The zero-order valence-corrected chi connectivity index (χ0v) is 14.3. The minimum atomic E-state index is 0.308. The second-order valence-electron chi connectivity index (χ2n) is 6.43. The van der Waals surface area contributed by atoms with Crippen molar-refractivity contribution in [2.45, 2.75) is 32.9 Å². The molecule has 0 saturated heterocycles. The Morgan fingerprint density at radius 2 is 2.04 bits per heavy atom. The van der Waals surface area contributed by atoms with Gasteiger partial charge in [0.2, 0.25) is 0 Å². The summed E-state index contributed by atoms with van der Waals surface area (Å²) in [6.45, 7) is 5.54. The van der Waals surface area contributed by atoms with Crippen molar-refractivity contribution in [3.05, 3.63) is 46.9 Å². The Hall–Kier alpha value is -2.14. The van der Waals surface area contributed by atoms with Crippen LogP contribution >= 0.6 is 0 Å². The molecular formula is C18H24N4O. The Bertz CT molecular complexity index is 699. The molecule has 1 unspecified atom stereocenters. The molecule has 2 heterocycles. The fourth-order valence-electron chi connectivity index (χ4n) is 3.03. The predicted molar refractivity (Wildman–Crippen MR) is 92.0 cm³/mol. The van der Waals surface area contributed by atoms with Crippen molar-refractivity contribution in [1.82, 2.24) is 14.9 Å². The van der Waals surface area contributed by atoms with Crippen LogP contribution in [0.4, 0.5) is 5.82 Å². The van der Waals surface area contributed by atoms with E-state index >= 15 is 0 Å². The Morgan fingerprint density at radius 1 is 1.26 bits per heavy atom. The number of anilines is 1. The summed E-state index contributed by atoms with van der Waals surface area (Å²) in [5.74, 6) is 2.65. The van der Waals surface area contributed by atoms with Crippen LogP contribution < -0.4 is 10.1 Å². The molecule has 0 radical (unpaired) electrons. The minimum Gasteiger partial charge on any atom is -0.487 e. The first-order chi connectivity index (χ1) is 11.0. The van der Waals surface area contributed by atoms with Crippen molar-refractivity contribution >= 4 is 5.82 Å². The van der Waals surface area contributed by atoms with E-state index in [-0.39, 0.29) is 0 Å². The van der Waals surface area contributed by atoms with Gasteiger partial charge in [-0.2, -0.15) is 0 Å². The highest BCUT2D eigenvalue weighted by atomic mass is 16.5. The van der Waals surface area contributed by atoms with E-state index in [4.69, 9.17) is 4.74 Å². The number of nitrogens with one attached hydrogen (secondary N) is 1. The number of fused-ring (bicyclic) bond motifs is 2. The molecule has 5 nitrogen and oxygen atoms in total. The van der Waals surface area contributed by atoms with E-state index in [1.165, 1.54) is 5.56 Å². The molecule has 1 N–H and O–H groups in total. The molecule has 5 heteroatoms. The third kappa shape index (κ3) is 3.62. The van der Waals surface area contributed by atoms with Gasteiger partial charge in [-0.15, -0.1) is 0 Å². The number of aryl methyl sites for hydroxylation is 1. The monoisotopic (exact) mass is 312 g/mol. The van der Waals surface area contributed by atoms with Gasteiger partial charge in [-0.25, -0.2) is 9.97 Å². The summed E-state index contributed by atoms with van der Waals surface area (Å²) in [6.07, 6.45) is 0.794. The SMILES string of the molecule is Cc1nc2c(c(NC(C)CN(C)C)n1)Cc1ccccc1OC2. The Morgan fingerprint density at radius 3 is 2.83 bits per heavy atom. The smallest absolute Gasteiger partial charge is 0.133 e. The van der Waals surface area contributed by atoms with Gasteiger partial charge in [0.25, 0.3) is 0 Å². The molecule has 0 spiro atoms. The summed E-state index contributed by atoms with van der Waals surface area (Å²) in [5, 5.41) is 3.55. The van der Waals surface area contributed by atoms with Crippen LogP contribution in [0.25, 0.3) is 0 Å². The number of ether oxygens (including phenoxy) is 1. The number of para-hydroxylation sites is 1. The summed E-state index contributed by atoms with van der Waals surface area (Å²) >= 11 is 0. The molecule has 3 rings (SSSR count). The van der Waals surface area contributed by atoms with Crippen molar-refractivity contribution in [3.63, 3.8) is 0 Å². The maximum absolute atomic E-state index is 5.93. The highest BCUT2D eigenvalue weighted by Gasteiger charge is 2.20. The number of likely N-dealkylation sites (N-methyl/N-ethyl adjacent to an activating group) is 1. The fourth-order valence-corrected chi connectivity index (χ4v) is 3.03. The van der Waals surface area contributed by atoms with Crippen molar-refractivity contribution in [2.75, 3.05) is 26.0 Å². The third-order valence-corrected chi connectivity index (χ3v) is 3.93. The fraction of sp³-hybridized carbons (Fsp3) is 0.444. The largest absolute Gasteiger partial charge is 0.487 e. The maximum Gasteiger partial charge on any atom is 0.133 e. The molecule has 1 atom stereocenters. The molecule has 0 aliphatic carbocycles. The van der Waals surface area contributed by atoms with E-state index in [1.807, 2.05) is 25.1 Å². The van der Waals surface area contributed by atoms with Crippen molar-refractivity contribution in [3.8, 4) is 5.75 Å². The predicted octanol–water partition coefficient (Wildman–Crippen LogP) is 2.63. The van der Waals surface area contributed by atoms with Gasteiger partial charge in [0.05, 0.1) is 5.69 Å². The van der Waals surface area contributed by atoms with Gasteiger partial charge in [0.15, 0.2) is 0 Å². The molecule has 122 valence electrons. The molecule has 0 amide bonds.